The molecule has 1 aromatic heterocycles. The van der Waals surface area contributed by atoms with Crippen LogP contribution >= 0.6 is 11.8 Å². The molecule has 0 aliphatic carbocycles. The molecule has 3 rings (SSSR count). The van der Waals surface area contributed by atoms with Gasteiger partial charge in [0, 0.05) is 12.6 Å². The van der Waals surface area contributed by atoms with Crippen LogP contribution in [0.25, 0.3) is 11.4 Å². The molecule has 0 saturated carbocycles. The zero-order valence-corrected chi connectivity index (χ0v) is 16.2. The monoisotopic (exact) mass is 384 g/mol. The van der Waals surface area contributed by atoms with Crippen molar-refractivity contribution < 1.29 is 9.18 Å². The van der Waals surface area contributed by atoms with Crippen molar-refractivity contribution in [2.45, 2.75) is 30.3 Å². The highest BCUT2D eigenvalue weighted by atomic mass is 32.2. The van der Waals surface area contributed by atoms with Gasteiger partial charge in [0.05, 0.1) is 11.3 Å². The average molecular weight is 384 g/mol. The summed E-state index contributed by atoms with van der Waals surface area (Å²) < 4.78 is 14.9. The zero-order chi connectivity index (χ0) is 19.4. The molecular formula is C20H21FN4OS. The summed E-state index contributed by atoms with van der Waals surface area (Å²) in [5, 5.41) is 11.7. The van der Waals surface area contributed by atoms with E-state index in [0.717, 1.165) is 17.0 Å². The molecule has 27 heavy (non-hydrogen) atoms. The van der Waals surface area contributed by atoms with Gasteiger partial charge >= 0.3 is 0 Å². The van der Waals surface area contributed by atoms with Gasteiger partial charge in [0.1, 0.15) is 5.82 Å². The second kappa shape index (κ2) is 8.35. The first-order chi connectivity index (χ1) is 13.0. The summed E-state index contributed by atoms with van der Waals surface area (Å²) in [5.74, 6) is 0.351. The number of rotatable bonds is 6. The predicted molar refractivity (Wildman–Crippen MR) is 105 cm³/mol. The van der Waals surface area contributed by atoms with E-state index in [1.165, 1.54) is 23.9 Å². The van der Waals surface area contributed by atoms with E-state index in [2.05, 4.69) is 15.5 Å². The van der Waals surface area contributed by atoms with Gasteiger partial charge in [0.25, 0.3) is 0 Å². The lowest BCUT2D eigenvalue weighted by Crippen LogP contribution is -2.33. The summed E-state index contributed by atoms with van der Waals surface area (Å²) in [5.41, 5.74) is 1.83. The first-order valence-electron chi connectivity index (χ1n) is 8.63. The molecule has 140 valence electrons. The minimum Gasteiger partial charge on any atom is -0.349 e. The second-order valence-electron chi connectivity index (χ2n) is 6.27. The fourth-order valence-corrected chi connectivity index (χ4v) is 3.46. The van der Waals surface area contributed by atoms with Gasteiger partial charge in [0.2, 0.25) is 5.91 Å². The predicted octanol–water partition coefficient (Wildman–Crippen LogP) is 3.98. The van der Waals surface area contributed by atoms with Gasteiger partial charge in [-0.15, -0.1) is 10.2 Å². The van der Waals surface area contributed by atoms with E-state index in [1.807, 2.05) is 55.8 Å². The number of thioether (sulfide) groups is 1. The molecule has 0 bridgehead atoms. The van der Waals surface area contributed by atoms with Crippen LogP contribution in [-0.2, 0) is 11.8 Å². The van der Waals surface area contributed by atoms with Gasteiger partial charge in [-0.25, -0.2) is 4.39 Å². The maximum absolute atomic E-state index is 13.0. The van der Waals surface area contributed by atoms with Crippen LogP contribution in [0.5, 0.6) is 0 Å². The average Bonchev–Trinajstić information content (AvgIpc) is 3.03. The number of carbonyl (C=O) groups excluding carboxylic acids is 1. The van der Waals surface area contributed by atoms with Gasteiger partial charge in [-0.2, -0.15) is 0 Å². The SMILES string of the molecule is C[C@H](Sc1nnc(-c2ccccc2)n1C)C(=O)N[C@H](C)c1ccc(F)cc1. The van der Waals surface area contributed by atoms with Crippen LogP contribution in [0.15, 0.2) is 59.8 Å². The van der Waals surface area contributed by atoms with Crippen LogP contribution in [0.4, 0.5) is 4.39 Å². The molecule has 0 unspecified atom stereocenters. The van der Waals surface area contributed by atoms with Crippen LogP contribution in [0.1, 0.15) is 25.5 Å². The maximum Gasteiger partial charge on any atom is 0.233 e. The maximum atomic E-state index is 13.0. The molecule has 2 atom stereocenters. The van der Waals surface area contributed by atoms with Crippen molar-refractivity contribution in [3.63, 3.8) is 0 Å². The smallest absolute Gasteiger partial charge is 0.233 e. The lowest BCUT2D eigenvalue weighted by molar-refractivity contribution is -0.120. The number of hydrogen-bond acceptors (Lipinski definition) is 4. The standard InChI is InChI=1S/C20H21FN4OS/c1-13(15-9-11-17(21)12-10-15)22-19(26)14(2)27-20-24-23-18(25(20)3)16-7-5-4-6-8-16/h4-14H,1-3H3,(H,22,26)/t13-,14+/m1/s1. The summed E-state index contributed by atoms with van der Waals surface area (Å²) in [6, 6.07) is 15.7. The molecule has 2 aromatic carbocycles. The van der Waals surface area contributed by atoms with E-state index < -0.39 is 0 Å². The van der Waals surface area contributed by atoms with Gasteiger partial charge in [-0.1, -0.05) is 54.2 Å². The third-order valence-corrected chi connectivity index (χ3v) is 5.38. The molecule has 0 radical (unpaired) electrons. The molecule has 7 heteroatoms. The Kier molecular flexibility index (Phi) is 5.91. The van der Waals surface area contributed by atoms with Crippen molar-refractivity contribution in [3.05, 3.63) is 66.0 Å². The van der Waals surface area contributed by atoms with Crippen molar-refractivity contribution in [3.8, 4) is 11.4 Å². The lowest BCUT2D eigenvalue weighted by Gasteiger charge is -2.17. The van der Waals surface area contributed by atoms with Crippen molar-refractivity contribution in [2.75, 3.05) is 0 Å². The van der Waals surface area contributed by atoms with Crippen LogP contribution in [0.2, 0.25) is 0 Å². The van der Waals surface area contributed by atoms with Gasteiger partial charge in [-0.05, 0) is 31.5 Å². The number of nitrogens with one attached hydrogen (secondary N) is 1. The number of hydrogen-bond donors (Lipinski definition) is 1. The van der Waals surface area contributed by atoms with Crippen LogP contribution < -0.4 is 5.32 Å². The molecular weight excluding hydrogens is 363 g/mol. The lowest BCUT2D eigenvalue weighted by atomic mass is 10.1. The van der Waals surface area contributed by atoms with E-state index in [-0.39, 0.29) is 23.0 Å². The van der Waals surface area contributed by atoms with Gasteiger partial charge in [0.15, 0.2) is 11.0 Å². The second-order valence-corrected chi connectivity index (χ2v) is 7.58. The van der Waals surface area contributed by atoms with E-state index in [0.29, 0.717) is 5.16 Å². The van der Waals surface area contributed by atoms with Gasteiger partial charge in [-0.3, -0.25) is 4.79 Å². The van der Waals surface area contributed by atoms with E-state index in [1.54, 1.807) is 12.1 Å². The highest BCUT2D eigenvalue weighted by Crippen LogP contribution is 2.26. The Bertz CT molecular complexity index is 911. The highest BCUT2D eigenvalue weighted by Gasteiger charge is 2.21. The number of halogens is 1. The number of carbonyl (C=O) groups is 1. The summed E-state index contributed by atoms with van der Waals surface area (Å²) in [7, 11) is 1.89. The first kappa shape index (κ1) is 19.1. The first-order valence-corrected chi connectivity index (χ1v) is 9.51. The van der Waals surface area contributed by atoms with E-state index in [9.17, 15) is 9.18 Å². The van der Waals surface area contributed by atoms with E-state index in [4.69, 9.17) is 0 Å². The summed E-state index contributed by atoms with van der Waals surface area (Å²) >= 11 is 1.35. The number of amides is 1. The van der Waals surface area contributed by atoms with Crippen molar-refractivity contribution in [1.82, 2.24) is 20.1 Å². The number of benzene rings is 2. The largest absolute Gasteiger partial charge is 0.349 e. The van der Waals surface area contributed by atoms with Crippen molar-refractivity contribution >= 4 is 17.7 Å². The molecule has 1 heterocycles. The van der Waals surface area contributed by atoms with Crippen molar-refractivity contribution in [2.24, 2.45) is 7.05 Å². The van der Waals surface area contributed by atoms with E-state index >= 15 is 0 Å². The Balaban J connectivity index is 1.65. The molecule has 5 nitrogen and oxygen atoms in total. The Morgan fingerprint density at radius 1 is 1.07 bits per heavy atom. The van der Waals surface area contributed by atoms with Crippen LogP contribution in [0, 0.1) is 5.82 Å². The molecule has 1 amide bonds. The quantitative estimate of drug-likeness (QED) is 0.653. The minimum absolute atomic E-state index is 0.110. The summed E-state index contributed by atoms with van der Waals surface area (Å²) in [6.45, 7) is 3.70. The van der Waals surface area contributed by atoms with Gasteiger partial charge < -0.3 is 9.88 Å². The minimum atomic E-state index is -0.348. The Hall–Kier alpha value is -2.67. The van der Waals surface area contributed by atoms with Crippen LogP contribution in [-0.4, -0.2) is 25.9 Å². The normalized spacial score (nSPS) is 13.2. The summed E-state index contributed by atoms with van der Waals surface area (Å²) in [4.78, 5) is 12.5. The third-order valence-electron chi connectivity index (χ3n) is 4.25. The molecule has 0 fully saturated rings. The molecule has 0 aliphatic heterocycles. The topological polar surface area (TPSA) is 59.8 Å². The number of aromatic nitrogens is 3. The zero-order valence-electron chi connectivity index (χ0n) is 15.4. The molecule has 0 spiro atoms. The Morgan fingerprint density at radius 2 is 1.74 bits per heavy atom. The fraction of sp³-hybridized carbons (Fsp3) is 0.250. The highest BCUT2D eigenvalue weighted by molar-refractivity contribution is 8.00. The number of nitrogens with zero attached hydrogens (tertiary/aromatic N) is 3. The molecule has 0 saturated heterocycles. The third kappa shape index (κ3) is 4.54. The van der Waals surface area contributed by atoms with Crippen molar-refractivity contribution in [1.29, 1.82) is 0 Å². The Morgan fingerprint density at radius 3 is 2.41 bits per heavy atom. The van der Waals surface area contributed by atoms with Crippen LogP contribution in [0.3, 0.4) is 0 Å². The molecule has 0 aliphatic rings. The Labute approximate surface area is 162 Å². The molecule has 1 N–H and O–H groups in total. The fourth-order valence-electron chi connectivity index (χ4n) is 2.63. The molecule has 3 aromatic rings. The summed E-state index contributed by atoms with van der Waals surface area (Å²) in [6.07, 6.45) is 0.